The van der Waals surface area contributed by atoms with Crippen LogP contribution in [-0.2, 0) is 9.59 Å². The molecule has 0 radical (unpaired) electrons. The molecule has 0 aliphatic carbocycles. The first kappa shape index (κ1) is 11.7. The van der Waals surface area contributed by atoms with Crippen LogP contribution in [0, 0.1) is 0 Å². The number of carbonyl (C=O) groups excluding carboxylic acids is 2. The first-order chi connectivity index (χ1) is 7.16. The van der Waals surface area contributed by atoms with Gasteiger partial charge in [0.25, 0.3) is 0 Å². The van der Waals surface area contributed by atoms with Crippen LogP contribution in [0.3, 0.4) is 0 Å². The lowest BCUT2D eigenvalue weighted by atomic mass is 10.2. The summed E-state index contributed by atoms with van der Waals surface area (Å²) in [6, 6.07) is -0.420. The molecule has 1 heterocycles. The van der Waals surface area contributed by atoms with Crippen molar-refractivity contribution >= 4 is 11.8 Å². The van der Waals surface area contributed by atoms with Crippen molar-refractivity contribution in [1.82, 2.24) is 10.2 Å². The van der Waals surface area contributed by atoms with Crippen molar-refractivity contribution in [2.75, 3.05) is 20.1 Å². The first-order valence-electron chi connectivity index (χ1n) is 5.08. The SMILES string of the molecule is CNC/C=C/C(=O)N1CCCC1C(N)=O. The molecule has 5 nitrogen and oxygen atoms in total. The van der Waals surface area contributed by atoms with E-state index in [1.807, 2.05) is 0 Å². The maximum atomic E-state index is 11.6. The van der Waals surface area contributed by atoms with Gasteiger partial charge in [0.2, 0.25) is 11.8 Å². The minimum Gasteiger partial charge on any atom is -0.368 e. The highest BCUT2D eigenvalue weighted by Gasteiger charge is 2.31. The van der Waals surface area contributed by atoms with E-state index >= 15 is 0 Å². The second kappa shape index (κ2) is 5.50. The fraction of sp³-hybridized carbons (Fsp3) is 0.600. The second-order valence-electron chi connectivity index (χ2n) is 3.55. The lowest BCUT2D eigenvalue weighted by molar-refractivity contribution is -0.133. The molecule has 1 atom stereocenters. The van der Waals surface area contributed by atoms with Gasteiger partial charge in [-0.05, 0) is 19.9 Å². The van der Waals surface area contributed by atoms with Gasteiger partial charge >= 0.3 is 0 Å². The van der Waals surface area contributed by atoms with Crippen molar-refractivity contribution in [2.45, 2.75) is 18.9 Å². The third kappa shape index (κ3) is 3.06. The summed E-state index contributed by atoms with van der Waals surface area (Å²) in [6.45, 7) is 1.26. The van der Waals surface area contributed by atoms with Crippen LogP contribution in [-0.4, -0.2) is 42.9 Å². The number of hydrogen-bond acceptors (Lipinski definition) is 3. The molecule has 5 heteroatoms. The van der Waals surface area contributed by atoms with E-state index < -0.39 is 11.9 Å². The van der Waals surface area contributed by atoms with Crippen molar-refractivity contribution < 1.29 is 9.59 Å². The molecule has 0 aromatic heterocycles. The van der Waals surface area contributed by atoms with E-state index in [-0.39, 0.29) is 5.91 Å². The Hall–Kier alpha value is -1.36. The van der Waals surface area contributed by atoms with Crippen LogP contribution in [0.15, 0.2) is 12.2 Å². The fourth-order valence-corrected chi connectivity index (χ4v) is 1.70. The minimum atomic E-state index is -0.420. The van der Waals surface area contributed by atoms with Gasteiger partial charge in [-0.1, -0.05) is 6.08 Å². The molecule has 15 heavy (non-hydrogen) atoms. The number of primary amides is 1. The zero-order valence-corrected chi connectivity index (χ0v) is 8.90. The number of nitrogens with zero attached hydrogens (tertiary/aromatic N) is 1. The number of nitrogens with two attached hydrogens (primary N) is 1. The molecule has 0 aromatic carbocycles. The highest BCUT2D eigenvalue weighted by Crippen LogP contribution is 2.16. The van der Waals surface area contributed by atoms with Crippen molar-refractivity contribution in [1.29, 1.82) is 0 Å². The Kier molecular flexibility index (Phi) is 4.30. The highest BCUT2D eigenvalue weighted by atomic mass is 16.2. The quantitative estimate of drug-likeness (QED) is 0.600. The number of hydrogen-bond donors (Lipinski definition) is 2. The van der Waals surface area contributed by atoms with Gasteiger partial charge in [0.05, 0.1) is 0 Å². The summed E-state index contributed by atoms with van der Waals surface area (Å²) >= 11 is 0. The summed E-state index contributed by atoms with van der Waals surface area (Å²) in [5, 5.41) is 2.90. The predicted molar refractivity (Wildman–Crippen MR) is 57.0 cm³/mol. The number of carbonyl (C=O) groups is 2. The van der Waals surface area contributed by atoms with Gasteiger partial charge in [0.1, 0.15) is 6.04 Å². The van der Waals surface area contributed by atoms with Gasteiger partial charge in [0, 0.05) is 19.2 Å². The Morgan fingerprint density at radius 3 is 2.93 bits per heavy atom. The normalized spacial score (nSPS) is 21.1. The van der Waals surface area contributed by atoms with Gasteiger partial charge in [-0.3, -0.25) is 9.59 Å². The van der Waals surface area contributed by atoms with Gasteiger partial charge < -0.3 is 16.0 Å². The minimum absolute atomic E-state index is 0.133. The third-order valence-corrected chi connectivity index (χ3v) is 2.45. The Balaban J connectivity index is 2.55. The van der Waals surface area contributed by atoms with E-state index in [9.17, 15) is 9.59 Å². The second-order valence-corrected chi connectivity index (χ2v) is 3.55. The fourth-order valence-electron chi connectivity index (χ4n) is 1.70. The summed E-state index contributed by atoms with van der Waals surface area (Å²) < 4.78 is 0. The standard InChI is InChI=1S/C10H17N3O2/c1-12-6-2-5-9(14)13-7-3-4-8(13)10(11)15/h2,5,8,12H,3-4,6-7H2,1H3,(H2,11,15)/b5-2+. The summed E-state index contributed by atoms with van der Waals surface area (Å²) in [5.74, 6) is -0.547. The monoisotopic (exact) mass is 211 g/mol. The van der Waals surface area contributed by atoms with Crippen molar-refractivity contribution in [3.05, 3.63) is 12.2 Å². The molecule has 1 rings (SSSR count). The molecule has 0 bridgehead atoms. The summed E-state index contributed by atoms with van der Waals surface area (Å²) in [5.41, 5.74) is 5.21. The summed E-state index contributed by atoms with van der Waals surface area (Å²) in [7, 11) is 1.80. The van der Waals surface area contributed by atoms with Crippen molar-refractivity contribution in [3.63, 3.8) is 0 Å². The Bertz CT molecular complexity index is 276. The molecule has 0 spiro atoms. The molecular weight excluding hydrogens is 194 g/mol. The van der Waals surface area contributed by atoms with Gasteiger partial charge in [0.15, 0.2) is 0 Å². The Morgan fingerprint density at radius 2 is 2.33 bits per heavy atom. The predicted octanol–water partition coefficient (Wildman–Crippen LogP) is -0.762. The first-order valence-corrected chi connectivity index (χ1v) is 5.08. The maximum absolute atomic E-state index is 11.6. The zero-order chi connectivity index (χ0) is 11.3. The van der Waals surface area contributed by atoms with E-state index in [0.29, 0.717) is 19.5 Å². The van der Waals surface area contributed by atoms with Crippen LogP contribution < -0.4 is 11.1 Å². The average Bonchev–Trinajstić information content (AvgIpc) is 2.66. The molecule has 1 unspecified atom stereocenters. The average molecular weight is 211 g/mol. The molecular formula is C10H17N3O2. The van der Waals surface area contributed by atoms with E-state index in [2.05, 4.69) is 5.32 Å². The molecule has 1 fully saturated rings. The molecule has 1 aliphatic rings. The number of nitrogens with one attached hydrogen (secondary N) is 1. The van der Waals surface area contributed by atoms with Gasteiger partial charge in [-0.15, -0.1) is 0 Å². The highest BCUT2D eigenvalue weighted by molar-refractivity contribution is 5.92. The van der Waals surface area contributed by atoms with Gasteiger partial charge in [-0.25, -0.2) is 0 Å². The lowest BCUT2D eigenvalue weighted by Gasteiger charge is -2.20. The van der Waals surface area contributed by atoms with Crippen LogP contribution in [0.5, 0.6) is 0 Å². The van der Waals surface area contributed by atoms with E-state index in [1.54, 1.807) is 13.1 Å². The largest absolute Gasteiger partial charge is 0.368 e. The third-order valence-electron chi connectivity index (χ3n) is 2.45. The smallest absolute Gasteiger partial charge is 0.246 e. The Labute approximate surface area is 89.3 Å². The van der Waals surface area contributed by atoms with Crippen molar-refractivity contribution in [3.8, 4) is 0 Å². The maximum Gasteiger partial charge on any atom is 0.246 e. The molecule has 0 saturated carbocycles. The molecule has 84 valence electrons. The number of likely N-dealkylation sites (N-methyl/N-ethyl adjacent to an activating group) is 1. The van der Waals surface area contributed by atoms with Crippen LogP contribution in [0.4, 0.5) is 0 Å². The molecule has 3 N–H and O–H groups in total. The molecule has 1 saturated heterocycles. The van der Waals surface area contributed by atoms with E-state index in [4.69, 9.17) is 5.73 Å². The molecule has 1 aliphatic heterocycles. The summed E-state index contributed by atoms with van der Waals surface area (Å²) in [4.78, 5) is 24.2. The number of amides is 2. The van der Waals surface area contributed by atoms with Crippen LogP contribution in [0.2, 0.25) is 0 Å². The topological polar surface area (TPSA) is 75.4 Å². The zero-order valence-electron chi connectivity index (χ0n) is 8.90. The number of rotatable bonds is 4. The van der Waals surface area contributed by atoms with E-state index in [1.165, 1.54) is 11.0 Å². The van der Waals surface area contributed by atoms with Gasteiger partial charge in [-0.2, -0.15) is 0 Å². The van der Waals surface area contributed by atoms with Crippen LogP contribution >= 0.6 is 0 Å². The summed E-state index contributed by atoms with van der Waals surface area (Å²) in [6.07, 6.45) is 4.75. The lowest BCUT2D eigenvalue weighted by Crippen LogP contribution is -2.43. The van der Waals surface area contributed by atoms with E-state index in [0.717, 1.165) is 6.42 Å². The van der Waals surface area contributed by atoms with Crippen LogP contribution in [0.1, 0.15) is 12.8 Å². The van der Waals surface area contributed by atoms with Crippen molar-refractivity contribution in [2.24, 2.45) is 5.73 Å². The van der Waals surface area contributed by atoms with Crippen LogP contribution in [0.25, 0.3) is 0 Å². The Morgan fingerprint density at radius 1 is 1.60 bits per heavy atom. The number of likely N-dealkylation sites (tertiary alicyclic amines) is 1. The molecule has 0 aromatic rings. The molecule has 2 amide bonds.